The van der Waals surface area contributed by atoms with Crippen molar-refractivity contribution in [2.45, 2.75) is 56.1 Å². The highest BCUT2D eigenvalue weighted by Crippen LogP contribution is 2.33. The Labute approximate surface area is 277 Å². The number of thiophene rings is 1. The summed E-state index contributed by atoms with van der Waals surface area (Å²) in [5, 5.41) is 20.3. The molecule has 1 amide bonds. The number of alkyl carbamates (subject to hydrolysis) is 1. The first-order valence-electron chi connectivity index (χ1n) is 15.6. The van der Waals surface area contributed by atoms with Gasteiger partial charge in [-0.2, -0.15) is 9.29 Å². The van der Waals surface area contributed by atoms with Crippen LogP contribution in [0.4, 0.5) is 4.79 Å². The van der Waals surface area contributed by atoms with Crippen molar-refractivity contribution in [3.05, 3.63) is 77.7 Å². The predicted molar refractivity (Wildman–Crippen MR) is 174 cm³/mol. The molecule has 0 saturated carbocycles. The van der Waals surface area contributed by atoms with E-state index in [-0.39, 0.29) is 49.1 Å². The second kappa shape index (κ2) is 14.6. The maximum absolute atomic E-state index is 14.0. The minimum absolute atomic E-state index is 0.0410. The molecule has 0 spiro atoms. The van der Waals surface area contributed by atoms with Crippen molar-refractivity contribution in [2.75, 3.05) is 26.3 Å². The van der Waals surface area contributed by atoms with Crippen molar-refractivity contribution in [1.29, 1.82) is 0 Å². The Kier molecular flexibility index (Phi) is 10.3. The van der Waals surface area contributed by atoms with Gasteiger partial charge in [0.2, 0.25) is 15.8 Å². The van der Waals surface area contributed by atoms with Crippen LogP contribution in [0.5, 0.6) is 0 Å². The van der Waals surface area contributed by atoms with Crippen LogP contribution in [0.15, 0.2) is 81.5 Å². The van der Waals surface area contributed by atoms with Crippen molar-refractivity contribution in [3.63, 3.8) is 0 Å². The molecular weight excluding hydrogens is 645 g/mol. The van der Waals surface area contributed by atoms with Gasteiger partial charge in [-0.05, 0) is 60.0 Å². The maximum atomic E-state index is 14.0. The van der Waals surface area contributed by atoms with Crippen LogP contribution in [0.2, 0.25) is 0 Å². The number of rotatable bonds is 13. The van der Waals surface area contributed by atoms with Gasteiger partial charge in [0.1, 0.15) is 6.10 Å². The number of aromatic nitrogens is 2. The lowest BCUT2D eigenvalue weighted by atomic mass is 10.0. The van der Waals surface area contributed by atoms with Gasteiger partial charge >= 0.3 is 6.09 Å². The minimum Gasteiger partial charge on any atom is -0.443 e. The van der Waals surface area contributed by atoms with Gasteiger partial charge in [-0.15, -0.1) is 11.3 Å². The molecule has 5 atom stereocenters. The molecule has 2 aliphatic heterocycles. The molecule has 2 aliphatic rings. The topological polar surface area (TPSA) is 153 Å². The number of nitrogens with zero attached hydrogens (tertiary/aromatic N) is 3. The molecule has 0 bridgehead atoms. The molecule has 2 saturated heterocycles. The first-order valence-corrected chi connectivity index (χ1v) is 17.9. The van der Waals surface area contributed by atoms with Crippen molar-refractivity contribution in [1.82, 2.24) is 19.8 Å². The third-order valence-corrected chi connectivity index (χ3v) is 10.9. The summed E-state index contributed by atoms with van der Waals surface area (Å²) < 4.78 is 51.4. The molecule has 0 radical (unpaired) electrons. The van der Waals surface area contributed by atoms with Gasteiger partial charge in [0.05, 0.1) is 41.1 Å². The highest BCUT2D eigenvalue weighted by atomic mass is 32.2. The molecule has 47 heavy (non-hydrogen) atoms. The van der Waals surface area contributed by atoms with Crippen molar-refractivity contribution in [3.8, 4) is 22.2 Å². The first kappa shape index (κ1) is 33.2. The van der Waals surface area contributed by atoms with Crippen LogP contribution < -0.4 is 5.32 Å². The quantitative estimate of drug-likeness (QED) is 0.205. The molecule has 2 N–H and O–H groups in total. The molecule has 12 nitrogen and oxygen atoms in total. The lowest BCUT2D eigenvalue weighted by Gasteiger charge is -2.31. The predicted octanol–water partition coefficient (Wildman–Crippen LogP) is 4.57. The van der Waals surface area contributed by atoms with Gasteiger partial charge in [0, 0.05) is 18.7 Å². The van der Waals surface area contributed by atoms with E-state index < -0.39 is 34.4 Å². The van der Waals surface area contributed by atoms with Gasteiger partial charge < -0.3 is 29.2 Å². The van der Waals surface area contributed by atoms with E-state index >= 15 is 0 Å². The Hall–Kier alpha value is -3.66. The zero-order chi connectivity index (χ0) is 33.0. The van der Waals surface area contributed by atoms with E-state index in [2.05, 4.69) is 15.5 Å². The third kappa shape index (κ3) is 7.91. The SMILES string of the molecule is CC(C)CN(C[C@@H](O)[C@H](Cc1ccccc1)NC(=O)O[C@H]1CO[C@H]2OCC[C@H]21)S(=O)(=O)c1ccc(-c2noc(-c3cccs3)n2)cc1. The zero-order valence-corrected chi connectivity index (χ0v) is 27.7. The Morgan fingerprint density at radius 1 is 1.09 bits per heavy atom. The monoisotopic (exact) mass is 682 g/mol. The summed E-state index contributed by atoms with van der Waals surface area (Å²) in [5.74, 6) is 0.647. The van der Waals surface area contributed by atoms with Crippen LogP contribution in [-0.2, 0) is 30.7 Å². The molecule has 2 fully saturated rings. The molecular formula is C33H38N4O8S2. The summed E-state index contributed by atoms with van der Waals surface area (Å²) in [6.07, 6.45) is -1.81. The number of carbonyl (C=O) groups is 1. The summed E-state index contributed by atoms with van der Waals surface area (Å²) in [5.41, 5.74) is 1.46. The standard InChI is InChI=1S/C33H38N4O8S2/c1-21(2)18-37(47(40,41)24-12-10-23(11-13-24)30-35-31(45-36-30)29-9-6-16-46-29)19-27(38)26(17-22-7-4-3-5-8-22)34-33(39)44-28-20-43-32-25(28)14-15-42-32/h3-13,16,21,25-28,32,38H,14-15,17-20H2,1-2H3,(H,34,39)/t25-,26-,27+,28-,32+/m0/s1. The van der Waals surface area contributed by atoms with Crippen molar-refractivity contribution < 1.29 is 37.1 Å². The molecule has 0 aliphatic carbocycles. The fourth-order valence-corrected chi connectivity index (χ4v) is 8.07. The number of nitrogens with one attached hydrogen (secondary N) is 1. The first-order chi connectivity index (χ1) is 22.7. The van der Waals surface area contributed by atoms with Crippen LogP contribution in [0.25, 0.3) is 22.2 Å². The van der Waals surface area contributed by atoms with Gasteiger partial charge in [-0.3, -0.25) is 0 Å². The van der Waals surface area contributed by atoms with Crippen LogP contribution in [-0.4, -0.2) is 84.9 Å². The number of amides is 1. The zero-order valence-electron chi connectivity index (χ0n) is 26.1. The Morgan fingerprint density at radius 3 is 2.60 bits per heavy atom. The molecule has 4 aromatic rings. The van der Waals surface area contributed by atoms with E-state index in [9.17, 15) is 18.3 Å². The number of aliphatic hydroxyl groups excluding tert-OH is 1. The number of fused-ring (bicyclic) bond motifs is 1. The molecule has 250 valence electrons. The van der Waals surface area contributed by atoms with E-state index in [1.165, 1.54) is 27.8 Å². The molecule has 14 heteroatoms. The van der Waals surface area contributed by atoms with E-state index in [0.717, 1.165) is 16.9 Å². The lowest BCUT2D eigenvalue weighted by Crippen LogP contribution is -2.51. The Morgan fingerprint density at radius 2 is 1.87 bits per heavy atom. The van der Waals surface area contributed by atoms with E-state index in [4.69, 9.17) is 18.7 Å². The maximum Gasteiger partial charge on any atom is 0.407 e. The molecule has 2 aromatic carbocycles. The molecule has 0 unspecified atom stereocenters. The number of benzene rings is 2. The van der Waals surface area contributed by atoms with Crippen molar-refractivity contribution >= 4 is 27.5 Å². The average molecular weight is 683 g/mol. The number of hydrogen-bond donors (Lipinski definition) is 2. The number of hydrogen-bond acceptors (Lipinski definition) is 11. The summed E-state index contributed by atoms with van der Waals surface area (Å²) in [6, 6.07) is 18.5. The largest absolute Gasteiger partial charge is 0.443 e. The highest BCUT2D eigenvalue weighted by Gasteiger charge is 2.44. The summed E-state index contributed by atoms with van der Waals surface area (Å²) in [4.78, 5) is 18.4. The van der Waals surface area contributed by atoms with Crippen molar-refractivity contribution in [2.24, 2.45) is 11.8 Å². The molecule has 4 heterocycles. The molecule has 6 rings (SSSR count). The number of ether oxygens (including phenoxy) is 3. The summed E-state index contributed by atoms with van der Waals surface area (Å²) in [7, 11) is -4.05. The molecule has 2 aromatic heterocycles. The lowest BCUT2D eigenvalue weighted by molar-refractivity contribution is -0.0907. The number of carbonyl (C=O) groups excluding carboxylic acids is 1. The smallest absolute Gasteiger partial charge is 0.407 e. The second-order valence-corrected chi connectivity index (χ2v) is 15.0. The minimum atomic E-state index is -4.05. The fraction of sp³-hybridized carbons (Fsp3) is 0.424. The van der Waals surface area contributed by atoms with Crippen LogP contribution in [0.1, 0.15) is 25.8 Å². The highest BCUT2D eigenvalue weighted by molar-refractivity contribution is 7.89. The van der Waals surface area contributed by atoms with E-state index in [0.29, 0.717) is 23.9 Å². The van der Waals surface area contributed by atoms with Crippen LogP contribution >= 0.6 is 11.3 Å². The van der Waals surface area contributed by atoms with Gasteiger partial charge in [-0.1, -0.05) is 55.4 Å². The second-order valence-electron chi connectivity index (χ2n) is 12.1. The van der Waals surface area contributed by atoms with Gasteiger partial charge in [0.25, 0.3) is 5.89 Å². The Bertz CT molecular complexity index is 1710. The van der Waals surface area contributed by atoms with E-state index in [1.807, 2.05) is 61.7 Å². The van der Waals surface area contributed by atoms with E-state index in [1.54, 1.807) is 12.1 Å². The average Bonchev–Trinajstić information content (AvgIpc) is 3.87. The number of aliphatic hydroxyl groups is 1. The van der Waals surface area contributed by atoms with Gasteiger partial charge in [-0.25, -0.2) is 13.2 Å². The summed E-state index contributed by atoms with van der Waals surface area (Å²) in [6.45, 7) is 4.49. The van der Waals surface area contributed by atoms with Crippen LogP contribution in [0.3, 0.4) is 0 Å². The Balaban J connectivity index is 1.18. The number of sulfonamides is 1. The fourth-order valence-electron chi connectivity index (χ4n) is 5.80. The third-order valence-electron chi connectivity index (χ3n) is 8.18. The normalized spacial score (nSPS) is 20.7. The van der Waals surface area contributed by atoms with Gasteiger partial charge in [0.15, 0.2) is 6.29 Å². The summed E-state index contributed by atoms with van der Waals surface area (Å²) >= 11 is 1.48. The van der Waals surface area contributed by atoms with Crippen LogP contribution in [0, 0.1) is 11.8 Å².